The van der Waals surface area contributed by atoms with Crippen molar-refractivity contribution in [3.05, 3.63) is 53.1 Å². The minimum Gasteiger partial charge on any atom is -0.508 e. The fraction of sp³-hybridized carbons (Fsp3) is 0.278. The Hall–Kier alpha value is -2.49. The summed E-state index contributed by atoms with van der Waals surface area (Å²) in [5.41, 5.74) is 0.842. The highest BCUT2D eigenvalue weighted by Gasteiger charge is 2.27. The second-order valence-electron chi connectivity index (χ2n) is 6.16. The molecule has 0 aliphatic heterocycles. The molecule has 0 saturated carbocycles. The molecule has 4 heteroatoms. The number of carbonyl (C=O) groups is 1. The summed E-state index contributed by atoms with van der Waals surface area (Å²) >= 11 is 0. The first-order chi connectivity index (χ1) is 10.3. The molecule has 2 rings (SSSR count). The Kier molecular flexibility index (Phi) is 4.13. The number of benzene rings is 2. The zero-order valence-corrected chi connectivity index (χ0v) is 13.2. The van der Waals surface area contributed by atoms with Crippen LogP contribution in [-0.2, 0) is 5.41 Å². The number of aromatic hydroxyl groups is 2. The monoisotopic (exact) mass is 300 g/mol. The van der Waals surface area contributed by atoms with Crippen molar-refractivity contribution in [2.75, 3.05) is 7.11 Å². The molecular weight excluding hydrogens is 280 g/mol. The van der Waals surface area contributed by atoms with Crippen LogP contribution < -0.4 is 4.74 Å². The van der Waals surface area contributed by atoms with Crippen molar-refractivity contribution in [3.8, 4) is 17.2 Å². The summed E-state index contributed by atoms with van der Waals surface area (Å²) in [6.45, 7) is 5.83. The van der Waals surface area contributed by atoms with E-state index in [0.29, 0.717) is 16.9 Å². The summed E-state index contributed by atoms with van der Waals surface area (Å²) in [6, 6.07) is 9.18. The third-order valence-corrected chi connectivity index (χ3v) is 3.48. The Balaban J connectivity index is 2.57. The number of phenolic OH excluding ortho intramolecular Hbond substituents is 2. The number of rotatable bonds is 3. The topological polar surface area (TPSA) is 66.8 Å². The average molecular weight is 300 g/mol. The highest BCUT2D eigenvalue weighted by molar-refractivity contribution is 6.11. The van der Waals surface area contributed by atoms with Gasteiger partial charge in [-0.15, -0.1) is 0 Å². The fourth-order valence-electron chi connectivity index (χ4n) is 2.42. The molecule has 0 fully saturated rings. The van der Waals surface area contributed by atoms with Gasteiger partial charge in [-0.1, -0.05) is 20.8 Å². The van der Waals surface area contributed by atoms with Gasteiger partial charge >= 0.3 is 0 Å². The quantitative estimate of drug-likeness (QED) is 0.849. The van der Waals surface area contributed by atoms with E-state index in [1.54, 1.807) is 12.1 Å². The summed E-state index contributed by atoms with van der Waals surface area (Å²) in [7, 11) is 1.53. The Morgan fingerprint density at radius 1 is 1.00 bits per heavy atom. The van der Waals surface area contributed by atoms with Crippen LogP contribution in [0.1, 0.15) is 42.3 Å². The van der Waals surface area contributed by atoms with Gasteiger partial charge < -0.3 is 14.9 Å². The van der Waals surface area contributed by atoms with E-state index in [4.69, 9.17) is 4.74 Å². The van der Waals surface area contributed by atoms with Crippen molar-refractivity contribution in [2.24, 2.45) is 0 Å². The second kappa shape index (κ2) is 5.72. The molecule has 0 atom stereocenters. The SMILES string of the molecule is COc1ccc(C(=O)c2ccc(O)cc2)c(O)c1C(C)(C)C. The molecule has 0 amide bonds. The molecule has 0 radical (unpaired) electrons. The lowest BCUT2D eigenvalue weighted by atomic mass is 9.83. The number of hydrogen-bond donors (Lipinski definition) is 2. The molecule has 0 aliphatic carbocycles. The largest absolute Gasteiger partial charge is 0.508 e. The van der Waals surface area contributed by atoms with Gasteiger partial charge in [0.2, 0.25) is 0 Å². The van der Waals surface area contributed by atoms with Gasteiger partial charge in [0.1, 0.15) is 17.2 Å². The number of ether oxygens (including phenoxy) is 1. The van der Waals surface area contributed by atoms with Crippen LogP contribution >= 0.6 is 0 Å². The van der Waals surface area contributed by atoms with Crippen molar-refractivity contribution < 1.29 is 19.7 Å². The minimum absolute atomic E-state index is 0.0649. The summed E-state index contributed by atoms with van der Waals surface area (Å²) in [5, 5.41) is 19.9. The first-order valence-electron chi connectivity index (χ1n) is 7.00. The summed E-state index contributed by atoms with van der Waals surface area (Å²) < 4.78 is 5.30. The Morgan fingerprint density at radius 3 is 2.09 bits per heavy atom. The predicted molar refractivity (Wildman–Crippen MR) is 84.9 cm³/mol. The molecule has 0 bridgehead atoms. The maximum Gasteiger partial charge on any atom is 0.196 e. The van der Waals surface area contributed by atoms with Crippen molar-refractivity contribution in [1.82, 2.24) is 0 Å². The standard InChI is InChI=1S/C18H20O4/c1-18(2,3)15-14(22-4)10-9-13(17(15)21)16(20)11-5-7-12(19)8-6-11/h5-10,19,21H,1-4H3. The third-order valence-electron chi connectivity index (χ3n) is 3.48. The number of ketones is 1. The Morgan fingerprint density at radius 2 is 1.59 bits per heavy atom. The molecule has 22 heavy (non-hydrogen) atoms. The molecule has 2 aromatic rings. The molecule has 2 aromatic carbocycles. The van der Waals surface area contributed by atoms with Crippen LogP contribution in [0.5, 0.6) is 17.2 Å². The van der Waals surface area contributed by atoms with E-state index in [0.717, 1.165) is 0 Å². The van der Waals surface area contributed by atoms with Crippen LogP contribution in [0.2, 0.25) is 0 Å². The third kappa shape index (κ3) is 2.91. The highest BCUT2D eigenvalue weighted by Crippen LogP contribution is 2.40. The minimum atomic E-state index is -0.374. The average Bonchev–Trinajstić information content (AvgIpc) is 2.45. The zero-order chi connectivity index (χ0) is 16.5. The van der Waals surface area contributed by atoms with E-state index in [1.165, 1.54) is 31.4 Å². The van der Waals surface area contributed by atoms with Crippen molar-refractivity contribution in [2.45, 2.75) is 26.2 Å². The zero-order valence-electron chi connectivity index (χ0n) is 13.2. The van der Waals surface area contributed by atoms with Crippen molar-refractivity contribution in [1.29, 1.82) is 0 Å². The Labute approximate surface area is 130 Å². The molecule has 0 saturated heterocycles. The molecule has 4 nitrogen and oxygen atoms in total. The van der Waals surface area contributed by atoms with Crippen LogP contribution in [-0.4, -0.2) is 23.1 Å². The number of carbonyl (C=O) groups excluding carboxylic acids is 1. The van der Waals surface area contributed by atoms with E-state index < -0.39 is 0 Å². The predicted octanol–water partition coefficient (Wildman–Crippen LogP) is 3.63. The molecule has 0 unspecified atom stereocenters. The van der Waals surface area contributed by atoms with Gasteiger partial charge in [0.05, 0.1) is 12.7 Å². The van der Waals surface area contributed by atoms with Crippen LogP contribution in [0.15, 0.2) is 36.4 Å². The lowest BCUT2D eigenvalue weighted by Crippen LogP contribution is -2.15. The molecule has 0 heterocycles. The van der Waals surface area contributed by atoms with Gasteiger partial charge in [-0.25, -0.2) is 0 Å². The van der Waals surface area contributed by atoms with Gasteiger partial charge in [0.15, 0.2) is 5.78 Å². The maximum atomic E-state index is 12.6. The van der Waals surface area contributed by atoms with Crippen LogP contribution in [0, 0.1) is 0 Å². The van der Waals surface area contributed by atoms with Gasteiger partial charge in [-0.05, 0) is 41.8 Å². The molecule has 0 aliphatic rings. The normalized spacial score (nSPS) is 11.3. The van der Waals surface area contributed by atoms with Gasteiger partial charge in [0, 0.05) is 11.1 Å². The molecule has 0 spiro atoms. The van der Waals surface area contributed by atoms with Crippen molar-refractivity contribution >= 4 is 5.78 Å². The lowest BCUT2D eigenvalue weighted by Gasteiger charge is -2.24. The maximum absolute atomic E-state index is 12.6. The molecule has 0 aromatic heterocycles. The van der Waals surface area contributed by atoms with Gasteiger partial charge in [-0.2, -0.15) is 0 Å². The van der Waals surface area contributed by atoms with Crippen LogP contribution in [0.4, 0.5) is 0 Å². The van der Waals surface area contributed by atoms with Gasteiger partial charge in [-0.3, -0.25) is 4.79 Å². The summed E-state index contributed by atoms with van der Waals surface area (Å²) in [6.07, 6.45) is 0. The van der Waals surface area contributed by atoms with E-state index in [-0.39, 0.29) is 28.3 Å². The van der Waals surface area contributed by atoms with Crippen molar-refractivity contribution in [3.63, 3.8) is 0 Å². The highest BCUT2D eigenvalue weighted by atomic mass is 16.5. The van der Waals surface area contributed by atoms with E-state index in [2.05, 4.69) is 0 Å². The number of hydrogen-bond acceptors (Lipinski definition) is 4. The second-order valence-corrected chi connectivity index (χ2v) is 6.16. The Bertz CT molecular complexity index is 694. The first kappa shape index (κ1) is 15.9. The van der Waals surface area contributed by atoms with E-state index >= 15 is 0 Å². The lowest BCUT2D eigenvalue weighted by molar-refractivity contribution is 0.103. The van der Waals surface area contributed by atoms with Gasteiger partial charge in [0.25, 0.3) is 0 Å². The molecule has 116 valence electrons. The molecule has 2 N–H and O–H groups in total. The van der Waals surface area contributed by atoms with E-state index in [1.807, 2.05) is 20.8 Å². The fourth-order valence-corrected chi connectivity index (χ4v) is 2.42. The summed E-state index contributed by atoms with van der Waals surface area (Å²) in [4.78, 5) is 12.6. The smallest absolute Gasteiger partial charge is 0.196 e. The first-order valence-corrected chi connectivity index (χ1v) is 7.00. The number of methoxy groups -OCH3 is 1. The molecular formula is C18H20O4. The number of phenols is 2. The summed E-state index contributed by atoms with van der Waals surface area (Å²) in [5.74, 6) is 0.272. The van der Waals surface area contributed by atoms with Crippen LogP contribution in [0.25, 0.3) is 0 Å². The van der Waals surface area contributed by atoms with E-state index in [9.17, 15) is 15.0 Å². The van der Waals surface area contributed by atoms with Crippen LogP contribution in [0.3, 0.4) is 0 Å².